The van der Waals surface area contributed by atoms with Gasteiger partial charge in [0.2, 0.25) is 0 Å². The smallest absolute Gasteiger partial charge is 0.0237 e. The van der Waals surface area contributed by atoms with E-state index in [1.165, 1.54) is 37.8 Å². The molecule has 3 heteroatoms. The number of likely N-dealkylation sites (tertiary alicyclic amines) is 1. The van der Waals surface area contributed by atoms with Gasteiger partial charge in [0.05, 0.1) is 0 Å². The Morgan fingerprint density at radius 2 is 2.06 bits per heavy atom. The summed E-state index contributed by atoms with van der Waals surface area (Å²) in [6, 6.07) is 9.78. The third kappa shape index (κ3) is 3.05. The number of nitrogens with zero attached hydrogens (tertiary/aromatic N) is 1. The lowest BCUT2D eigenvalue weighted by Gasteiger charge is -2.23. The van der Waals surface area contributed by atoms with E-state index >= 15 is 0 Å². The van der Waals surface area contributed by atoms with Crippen LogP contribution >= 0.6 is 12.4 Å². The summed E-state index contributed by atoms with van der Waals surface area (Å²) in [6.07, 6.45) is 5.36. The van der Waals surface area contributed by atoms with Crippen LogP contribution in [0.25, 0.3) is 0 Å². The van der Waals surface area contributed by atoms with E-state index in [-0.39, 0.29) is 12.4 Å². The van der Waals surface area contributed by atoms with Crippen molar-refractivity contribution in [2.45, 2.75) is 44.2 Å². The molecular weight excluding hydrogens is 244 g/mol. The normalized spacial score (nSPS) is 23.9. The topological polar surface area (TPSA) is 29.3 Å². The molecule has 1 aromatic rings. The largest absolute Gasteiger partial charge is 0.329 e. The van der Waals surface area contributed by atoms with Crippen molar-refractivity contribution in [1.82, 2.24) is 4.90 Å². The Balaban J connectivity index is 0.00000120. The maximum atomic E-state index is 5.82. The van der Waals surface area contributed by atoms with Crippen molar-refractivity contribution in [3.05, 3.63) is 35.4 Å². The summed E-state index contributed by atoms with van der Waals surface area (Å²) in [5, 5.41) is 0. The Labute approximate surface area is 116 Å². The fourth-order valence-corrected chi connectivity index (χ4v) is 2.97. The predicted molar refractivity (Wildman–Crippen MR) is 78.2 cm³/mol. The van der Waals surface area contributed by atoms with E-state index in [1.54, 1.807) is 5.56 Å². The van der Waals surface area contributed by atoms with Crippen molar-refractivity contribution in [3.8, 4) is 0 Å². The summed E-state index contributed by atoms with van der Waals surface area (Å²) < 4.78 is 0. The molecule has 100 valence electrons. The highest BCUT2D eigenvalue weighted by Gasteiger charge is 2.25. The Bertz CT molecular complexity index is 390. The molecule has 0 aromatic heterocycles. The van der Waals surface area contributed by atoms with Crippen LogP contribution < -0.4 is 5.73 Å². The minimum Gasteiger partial charge on any atom is -0.329 e. The molecule has 0 bridgehead atoms. The van der Waals surface area contributed by atoms with E-state index in [2.05, 4.69) is 29.2 Å². The van der Waals surface area contributed by atoms with Gasteiger partial charge in [-0.15, -0.1) is 12.4 Å². The van der Waals surface area contributed by atoms with E-state index in [4.69, 9.17) is 5.73 Å². The van der Waals surface area contributed by atoms with Gasteiger partial charge in [-0.2, -0.15) is 0 Å². The van der Waals surface area contributed by atoms with Gasteiger partial charge in [-0.05, 0) is 49.3 Å². The number of nitrogens with two attached hydrogens (primary N) is 1. The Kier molecular flexibility index (Phi) is 4.66. The van der Waals surface area contributed by atoms with Crippen LogP contribution in [0.2, 0.25) is 0 Å². The minimum atomic E-state index is 0. The molecule has 2 nitrogen and oxygen atoms in total. The van der Waals surface area contributed by atoms with Crippen molar-refractivity contribution in [2.75, 3.05) is 13.1 Å². The Hall–Kier alpha value is -0.570. The molecule has 1 aliphatic carbocycles. The van der Waals surface area contributed by atoms with Crippen molar-refractivity contribution >= 4 is 12.4 Å². The van der Waals surface area contributed by atoms with Gasteiger partial charge in [-0.1, -0.05) is 24.3 Å². The quantitative estimate of drug-likeness (QED) is 0.908. The van der Waals surface area contributed by atoms with E-state index in [9.17, 15) is 0 Å². The lowest BCUT2D eigenvalue weighted by molar-refractivity contribution is 0.250. The second-order valence-electron chi connectivity index (χ2n) is 5.52. The average molecular weight is 267 g/mol. The maximum Gasteiger partial charge on any atom is 0.0237 e. The van der Waals surface area contributed by atoms with Crippen LogP contribution in [0.1, 0.15) is 42.7 Å². The fourth-order valence-electron chi connectivity index (χ4n) is 2.97. The van der Waals surface area contributed by atoms with Crippen molar-refractivity contribution in [3.63, 3.8) is 0 Å². The maximum absolute atomic E-state index is 5.82. The van der Waals surface area contributed by atoms with Gasteiger partial charge in [0.25, 0.3) is 0 Å². The zero-order valence-electron chi connectivity index (χ0n) is 10.8. The molecular formula is C15H23ClN2. The van der Waals surface area contributed by atoms with Crippen LogP contribution in [-0.2, 0) is 6.54 Å². The van der Waals surface area contributed by atoms with E-state index in [1.807, 2.05) is 0 Å². The monoisotopic (exact) mass is 266 g/mol. The molecule has 3 rings (SSSR count). The van der Waals surface area contributed by atoms with Crippen molar-refractivity contribution in [2.24, 2.45) is 5.73 Å². The van der Waals surface area contributed by atoms with E-state index < -0.39 is 0 Å². The first kappa shape index (κ1) is 13.9. The molecule has 2 N–H and O–H groups in total. The van der Waals surface area contributed by atoms with Crippen LogP contribution in [0.5, 0.6) is 0 Å². The zero-order chi connectivity index (χ0) is 11.7. The molecule has 0 amide bonds. The summed E-state index contributed by atoms with van der Waals surface area (Å²) >= 11 is 0. The zero-order valence-corrected chi connectivity index (χ0v) is 11.7. The molecule has 1 aromatic carbocycles. The van der Waals surface area contributed by atoms with Crippen LogP contribution in [0.3, 0.4) is 0 Å². The highest BCUT2D eigenvalue weighted by Crippen LogP contribution is 2.40. The first-order valence-electron chi connectivity index (χ1n) is 6.90. The molecule has 1 saturated carbocycles. The number of hydrogen-bond donors (Lipinski definition) is 1. The van der Waals surface area contributed by atoms with Crippen molar-refractivity contribution < 1.29 is 0 Å². The molecule has 0 radical (unpaired) electrons. The summed E-state index contributed by atoms with van der Waals surface area (Å²) in [5.74, 6) is 0.860. The van der Waals surface area contributed by atoms with Gasteiger partial charge in [0.15, 0.2) is 0 Å². The van der Waals surface area contributed by atoms with E-state index in [0.29, 0.717) is 6.04 Å². The van der Waals surface area contributed by atoms with Crippen LogP contribution in [0, 0.1) is 0 Å². The molecule has 2 fully saturated rings. The SMILES string of the molecule is Cl.NCC1CCCN1Cc1cccc(C2CC2)c1. The predicted octanol–water partition coefficient (Wildman–Crippen LogP) is 2.91. The summed E-state index contributed by atoms with van der Waals surface area (Å²) in [7, 11) is 0. The number of rotatable bonds is 4. The Morgan fingerprint density at radius 3 is 2.78 bits per heavy atom. The second-order valence-corrected chi connectivity index (χ2v) is 5.52. The minimum absolute atomic E-state index is 0. The van der Waals surface area contributed by atoms with Gasteiger partial charge in [-0.25, -0.2) is 0 Å². The highest BCUT2D eigenvalue weighted by molar-refractivity contribution is 5.85. The van der Waals surface area contributed by atoms with Crippen LogP contribution in [0.4, 0.5) is 0 Å². The molecule has 1 heterocycles. The van der Waals surface area contributed by atoms with Gasteiger partial charge in [-0.3, -0.25) is 4.90 Å². The van der Waals surface area contributed by atoms with Crippen LogP contribution in [0.15, 0.2) is 24.3 Å². The third-order valence-electron chi connectivity index (χ3n) is 4.16. The molecule has 1 atom stereocenters. The summed E-state index contributed by atoms with van der Waals surface area (Å²) in [6.45, 7) is 3.11. The average Bonchev–Trinajstić information content (AvgIpc) is 3.11. The van der Waals surface area contributed by atoms with Gasteiger partial charge in [0, 0.05) is 19.1 Å². The lowest BCUT2D eigenvalue weighted by atomic mass is 10.1. The van der Waals surface area contributed by atoms with Crippen LogP contribution in [-0.4, -0.2) is 24.0 Å². The van der Waals surface area contributed by atoms with E-state index in [0.717, 1.165) is 19.0 Å². The second kappa shape index (κ2) is 6.05. The number of hydrogen-bond acceptors (Lipinski definition) is 2. The molecule has 1 unspecified atom stereocenters. The highest BCUT2D eigenvalue weighted by atomic mass is 35.5. The van der Waals surface area contributed by atoms with Crippen molar-refractivity contribution in [1.29, 1.82) is 0 Å². The number of benzene rings is 1. The third-order valence-corrected chi connectivity index (χ3v) is 4.16. The first-order valence-corrected chi connectivity index (χ1v) is 6.90. The lowest BCUT2D eigenvalue weighted by Crippen LogP contribution is -2.34. The molecule has 0 spiro atoms. The summed E-state index contributed by atoms with van der Waals surface area (Å²) in [4.78, 5) is 2.55. The van der Waals surface area contributed by atoms with Gasteiger partial charge >= 0.3 is 0 Å². The fraction of sp³-hybridized carbons (Fsp3) is 0.600. The first-order chi connectivity index (χ1) is 8.36. The van der Waals surface area contributed by atoms with Gasteiger partial charge in [0.1, 0.15) is 0 Å². The molecule has 1 saturated heterocycles. The number of halogens is 1. The molecule has 2 aliphatic rings. The molecule has 18 heavy (non-hydrogen) atoms. The molecule has 1 aliphatic heterocycles. The summed E-state index contributed by atoms with van der Waals surface area (Å²) in [5.41, 5.74) is 8.84. The standard InChI is InChI=1S/C15H22N2.ClH/c16-10-15-5-2-8-17(15)11-12-3-1-4-14(9-12)13-6-7-13;/h1,3-4,9,13,15H,2,5-8,10-11,16H2;1H. The Morgan fingerprint density at radius 1 is 1.22 bits per heavy atom. The van der Waals surface area contributed by atoms with Gasteiger partial charge < -0.3 is 5.73 Å².